The summed E-state index contributed by atoms with van der Waals surface area (Å²) in [4.78, 5) is 0. The van der Waals surface area contributed by atoms with Gasteiger partial charge in [0.25, 0.3) is 0 Å². The van der Waals surface area contributed by atoms with E-state index in [1.54, 1.807) is 13.0 Å². The van der Waals surface area contributed by atoms with Crippen molar-refractivity contribution in [3.05, 3.63) is 29.1 Å². The quantitative estimate of drug-likeness (QED) is 0.742. The van der Waals surface area contributed by atoms with E-state index in [1.165, 1.54) is 22.8 Å². The lowest BCUT2D eigenvalue weighted by Crippen LogP contribution is -1.95. The van der Waals surface area contributed by atoms with E-state index in [0.29, 0.717) is 11.3 Å². The SMILES string of the molecule is CCOc1c(F)ccc2scc(F)c12. The molecule has 4 heteroatoms. The number of halogens is 2. The van der Waals surface area contributed by atoms with Crippen molar-refractivity contribution < 1.29 is 13.5 Å². The molecule has 1 heterocycles. The van der Waals surface area contributed by atoms with Crippen molar-refractivity contribution in [2.45, 2.75) is 6.92 Å². The molecule has 0 unspecified atom stereocenters. The van der Waals surface area contributed by atoms with Gasteiger partial charge >= 0.3 is 0 Å². The summed E-state index contributed by atoms with van der Waals surface area (Å²) in [6.45, 7) is 2.06. The molecule has 0 spiro atoms. The highest BCUT2D eigenvalue weighted by Crippen LogP contribution is 2.34. The molecular weight excluding hydrogens is 206 g/mol. The van der Waals surface area contributed by atoms with Crippen molar-refractivity contribution in [1.82, 2.24) is 0 Å². The molecule has 1 aromatic heterocycles. The van der Waals surface area contributed by atoms with Crippen LogP contribution in [0, 0.1) is 11.6 Å². The second kappa shape index (κ2) is 3.53. The normalized spacial score (nSPS) is 10.8. The standard InChI is InChI=1S/C10H8F2OS/c1-2-13-10-6(11)3-4-8-9(10)7(12)5-14-8/h3-5H,2H2,1H3. The van der Waals surface area contributed by atoms with Gasteiger partial charge < -0.3 is 4.74 Å². The summed E-state index contributed by atoms with van der Waals surface area (Å²) in [6, 6.07) is 2.85. The van der Waals surface area contributed by atoms with Gasteiger partial charge in [-0.1, -0.05) is 0 Å². The molecule has 2 aromatic rings. The molecule has 0 saturated carbocycles. The zero-order chi connectivity index (χ0) is 10.1. The summed E-state index contributed by atoms with van der Waals surface area (Å²) in [5.74, 6) is -0.923. The fraction of sp³-hybridized carbons (Fsp3) is 0.200. The average molecular weight is 214 g/mol. The van der Waals surface area contributed by atoms with E-state index in [4.69, 9.17) is 4.74 Å². The Morgan fingerprint density at radius 1 is 1.29 bits per heavy atom. The predicted molar refractivity (Wildman–Crippen MR) is 52.9 cm³/mol. The largest absolute Gasteiger partial charge is 0.490 e. The van der Waals surface area contributed by atoms with Crippen LogP contribution in [0.1, 0.15) is 6.92 Å². The summed E-state index contributed by atoms with van der Waals surface area (Å²) >= 11 is 1.24. The first-order valence-electron chi connectivity index (χ1n) is 4.22. The van der Waals surface area contributed by atoms with Crippen molar-refractivity contribution in [3.8, 4) is 5.75 Å². The van der Waals surface area contributed by atoms with Gasteiger partial charge in [0.1, 0.15) is 5.82 Å². The highest BCUT2D eigenvalue weighted by atomic mass is 32.1. The van der Waals surface area contributed by atoms with Crippen LogP contribution in [-0.4, -0.2) is 6.61 Å². The first kappa shape index (κ1) is 9.40. The molecule has 0 saturated heterocycles. The Labute approximate surface area is 83.9 Å². The van der Waals surface area contributed by atoms with Crippen LogP contribution < -0.4 is 4.74 Å². The van der Waals surface area contributed by atoms with Crippen LogP contribution in [-0.2, 0) is 0 Å². The number of benzene rings is 1. The van der Waals surface area contributed by atoms with Gasteiger partial charge in [-0.15, -0.1) is 11.3 Å². The second-order valence-corrected chi connectivity index (χ2v) is 3.68. The minimum atomic E-state index is -0.517. The molecular formula is C10H8F2OS. The van der Waals surface area contributed by atoms with E-state index >= 15 is 0 Å². The second-order valence-electron chi connectivity index (χ2n) is 2.77. The van der Waals surface area contributed by atoms with Gasteiger partial charge in [0, 0.05) is 10.1 Å². The Kier molecular flexibility index (Phi) is 2.37. The molecule has 2 rings (SSSR count). The lowest BCUT2D eigenvalue weighted by molar-refractivity contribution is 0.325. The molecule has 0 amide bonds. The minimum Gasteiger partial charge on any atom is -0.490 e. The van der Waals surface area contributed by atoms with Crippen LogP contribution in [0.15, 0.2) is 17.5 Å². The van der Waals surface area contributed by atoms with Crippen LogP contribution in [0.25, 0.3) is 10.1 Å². The maximum absolute atomic E-state index is 13.3. The maximum Gasteiger partial charge on any atom is 0.166 e. The first-order chi connectivity index (χ1) is 6.74. The fourth-order valence-corrected chi connectivity index (χ4v) is 2.13. The molecule has 0 aliphatic rings. The first-order valence-corrected chi connectivity index (χ1v) is 5.10. The van der Waals surface area contributed by atoms with Crippen molar-refractivity contribution in [3.63, 3.8) is 0 Å². The number of fused-ring (bicyclic) bond motifs is 1. The number of ether oxygens (including phenoxy) is 1. The van der Waals surface area contributed by atoms with Gasteiger partial charge in [-0.2, -0.15) is 0 Å². The summed E-state index contributed by atoms with van der Waals surface area (Å²) < 4.78 is 32.3. The lowest BCUT2D eigenvalue weighted by Gasteiger charge is -2.05. The van der Waals surface area contributed by atoms with Crippen LogP contribution in [0.3, 0.4) is 0 Å². The summed E-state index contributed by atoms with van der Waals surface area (Å²) in [6.07, 6.45) is 0. The number of rotatable bonds is 2. The van der Waals surface area contributed by atoms with Crippen LogP contribution in [0.5, 0.6) is 5.75 Å². The molecule has 0 aliphatic carbocycles. The van der Waals surface area contributed by atoms with E-state index in [-0.39, 0.29) is 11.1 Å². The third kappa shape index (κ3) is 1.35. The van der Waals surface area contributed by atoms with Crippen LogP contribution in [0.4, 0.5) is 8.78 Å². The number of hydrogen-bond acceptors (Lipinski definition) is 2. The summed E-state index contributed by atoms with van der Waals surface area (Å²) in [5, 5.41) is 1.60. The highest BCUT2D eigenvalue weighted by Gasteiger charge is 2.14. The fourth-order valence-electron chi connectivity index (χ4n) is 1.32. The third-order valence-corrected chi connectivity index (χ3v) is 2.81. The molecule has 0 atom stereocenters. The molecule has 0 N–H and O–H groups in total. The smallest absolute Gasteiger partial charge is 0.166 e. The zero-order valence-corrected chi connectivity index (χ0v) is 8.33. The zero-order valence-electron chi connectivity index (χ0n) is 7.51. The monoisotopic (exact) mass is 214 g/mol. The topological polar surface area (TPSA) is 9.23 Å². The summed E-state index contributed by atoms with van der Waals surface area (Å²) in [5.41, 5.74) is 0. The highest BCUT2D eigenvalue weighted by molar-refractivity contribution is 7.17. The van der Waals surface area contributed by atoms with Gasteiger partial charge in [-0.3, -0.25) is 0 Å². The van der Waals surface area contributed by atoms with Gasteiger partial charge in [0.2, 0.25) is 0 Å². The van der Waals surface area contributed by atoms with Gasteiger partial charge in [-0.25, -0.2) is 8.78 Å². The van der Waals surface area contributed by atoms with Crippen LogP contribution in [0.2, 0.25) is 0 Å². The molecule has 0 fully saturated rings. The number of thiophene rings is 1. The molecule has 14 heavy (non-hydrogen) atoms. The maximum atomic E-state index is 13.3. The van der Waals surface area contributed by atoms with E-state index in [1.807, 2.05) is 0 Å². The molecule has 0 radical (unpaired) electrons. The molecule has 0 aliphatic heterocycles. The van der Waals surface area contributed by atoms with Crippen molar-refractivity contribution in [1.29, 1.82) is 0 Å². The third-order valence-electron chi connectivity index (χ3n) is 1.89. The molecule has 1 nitrogen and oxygen atoms in total. The van der Waals surface area contributed by atoms with E-state index in [0.717, 1.165) is 0 Å². The Balaban J connectivity index is 2.73. The molecule has 74 valence electrons. The molecule has 0 bridgehead atoms. The van der Waals surface area contributed by atoms with Gasteiger partial charge in [0.15, 0.2) is 11.6 Å². The Hall–Kier alpha value is -1.16. The van der Waals surface area contributed by atoms with Crippen LogP contribution >= 0.6 is 11.3 Å². The lowest BCUT2D eigenvalue weighted by atomic mass is 10.2. The Morgan fingerprint density at radius 3 is 2.79 bits per heavy atom. The average Bonchev–Trinajstić information content (AvgIpc) is 2.53. The molecule has 1 aromatic carbocycles. The van der Waals surface area contributed by atoms with Crippen molar-refractivity contribution in [2.24, 2.45) is 0 Å². The van der Waals surface area contributed by atoms with E-state index < -0.39 is 11.6 Å². The number of hydrogen-bond donors (Lipinski definition) is 0. The summed E-state index contributed by atoms with van der Waals surface area (Å²) in [7, 11) is 0. The Bertz CT molecular complexity index is 464. The van der Waals surface area contributed by atoms with E-state index in [9.17, 15) is 8.78 Å². The van der Waals surface area contributed by atoms with E-state index in [2.05, 4.69) is 0 Å². The minimum absolute atomic E-state index is 0.0174. The van der Waals surface area contributed by atoms with Gasteiger partial charge in [0.05, 0.1) is 12.0 Å². The van der Waals surface area contributed by atoms with Crippen molar-refractivity contribution >= 4 is 21.4 Å². The predicted octanol–water partition coefficient (Wildman–Crippen LogP) is 3.58. The van der Waals surface area contributed by atoms with Gasteiger partial charge in [-0.05, 0) is 19.1 Å². The van der Waals surface area contributed by atoms with Crippen molar-refractivity contribution in [2.75, 3.05) is 6.61 Å². The Morgan fingerprint density at radius 2 is 2.07 bits per heavy atom.